The van der Waals surface area contributed by atoms with Crippen LogP contribution in [0.2, 0.25) is 0 Å². The minimum atomic E-state index is -1.03. The molecule has 0 fully saturated rings. The molecule has 0 aromatic rings. The van der Waals surface area contributed by atoms with Crippen LogP contribution in [-0.2, 0) is 16.0 Å². The molecule has 11 heavy (non-hydrogen) atoms. The van der Waals surface area contributed by atoms with E-state index < -0.39 is 17.2 Å². The maximum Gasteiger partial charge on any atom is 0.151 e. The molecule has 4 heteroatoms. The fraction of sp³-hybridized carbons (Fsp3) is 0.571. The third kappa shape index (κ3) is 5.01. The highest BCUT2D eigenvalue weighted by Crippen LogP contribution is 1.94. The van der Waals surface area contributed by atoms with Crippen molar-refractivity contribution in [3.05, 3.63) is 12.7 Å². The molecular formula is C7H13NO2S. The van der Waals surface area contributed by atoms with Crippen LogP contribution in [0.4, 0.5) is 0 Å². The van der Waals surface area contributed by atoms with E-state index in [0.717, 1.165) is 0 Å². The molecule has 0 radical (unpaired) electrons. The topological polar surface area (TPSA) is 66.2 Å². The summed E-state index contributed by atoms with van der Waals surface area (Å²) in [6, 6.07) is -0.587. The van der Waals surface area contributed by atoms with E-state index in [0.29, 0.717) is 5.75 Å². The maximum absolute atomic E-state index is 11.0. The van der Waals surface area contributed by atoms with Gasteiger partial charge in [-0.15, -0.1) is 0 Å². The van der Waals surface area contributed by atoms with Crippen molar-refractivity contribution < 1.29 is 9.35 Å². The molecule has 3 nitrogen and oxygen atoms in total. The van der Waals surface area contributed by atoms with Crippen LogP contribution in [0, 0.1) is 0 Å². The van der Waals surface area contributed by atoms with E-state index in [9.17, 15) is 9.35 Å². The average Bonchev–Trinajstić information content (AvgIpc) is 1.87. The van der Waals surface area contributed by atoms with Gasteiger partial charge in [0.1, 0.15) is 17.5 Å². The number of Topliss-reactive ketones (excluding diaryl/α,β-unsaturated/α-hetero) is 1. The second kappa shape index (κ2) is 5.35. The van der Waals surface area contributed by atoms with E-state index in [-0.39, 0.29) is 11.5 Å². The summed E-state index contributed by atoms with van der Waals surface area (Å²) < 4.78 is 11.0. The van der Waals surface area contributed by atoms with Gasteiger partial charge in [0, 0.05) is 0 Å². The van der Waals surface area contributed by atoms with Crippen molar-refractivity contribution >= 4 is 17.0 Å². The zero-order valence-corrected chi connectivity index (χ0v) is 7.39. The first kappa shape index (κ1) is 10.7. The van der Waals surface area contributed by atoms with Crippen LogP contribution in [-0.4, -0.2) is 27.9 Å². The summed E-state index contributed by atoms with van der Waals surface area (Å²) in [5.74, 6) is 0.518. The van der Waals surface area contributed by atoms with Crippen LogP contribution in [0.3, 0.4) is 0 Å². The predicted octanol–water partition coefficient (Wildman–Crippen LogP) is -0.163. The van der Waals surface area contributed by atoms with Gasteiger partial charge < -0.3 is 10.3 Å². The lowest BCUT2D eigenvalue weighted by molar-refractivity contribution is -0.117. The first-order chi connectivity index (χ1) is 5.07. The second-order valence-electron chi connectivity index (χ2n) is 2.28. The van der Waals surface area contributed by atoms with Crippen molar-refractivity contribution in [3.63, 3.8) is 0 Å². The molecule has 0 spiro atoms. The molecule has 0 unspecified atom stereocenters. The fourth-order valence-electron chi connectivity index (χ4n) is 0.517. The summed E-state index contributed by atoms with van der Waals surface area (Å²) in [5.41, 5.74) is 5.37. The fourth-order valence-corrected chi connectivity index (χ4v) is 1.55. The van der Waals surface area contributed by atoms with Gasteiger partial charge >= 0.3 is 0 Å². The second-order valence-corrected chi connectivity index (χ2v) is 3.83. The minimum Gasteiger partial charge on any atom is -0.616 e. The van der Waals surface area contributed by atoms with E-state index in [4.69, 9.17) is 5.73 Å². The van der Waals surface area contributed by atoms with Crippen molar-refractivity contribution in [2.75, 3.05) is 11.5 Å². The smallest absolute Gasteiger partial charge is 0.151 e. The first-order valence-electron chi connectivity index (χ1n) is 3.29. The average molecular weight is 175 g/mol. The van der Waals surface area contributed by atoms with Gasteiger partial charge in [0.25, 0.3) is 0 Å². The van der Waals surface area contributed by atoms with Crippen LogP contribution < -0.4 is 5.73 Å². The van der Waals surface area contributed by atoms with Gasteiger partial charge in [-0.05, 0) is 24.2 Å². The Kier molecular flexibility index (Phi) is 5.19. The Morgan fingerprint density at radius 2 is 2.45 bits per heavy atom. The predicted molar refractivity (Wildman–Crippen MR) is 46.7 cm³/mol. The lowest BCUT2D eigenvalue weighted by atomic mass is 10.3. The van der Waals surface area contributed by atoms with Gasteiger partial charge in [-0.1, -0.05) is 6.58 Å². The van der Waals surface area contributed by atoms with Crippen molar-refractivity contribution in [3.8, 4) is 0 Å². The zero-order chi connectivity index (χ0) is 8.85. The Bertz CT molecular complexity index is 149. The molecule has 0 amide bonds. The van der Waals surface area contributed by atoms with Crippen LogP contribution in [0.1, 0.15) is 6.92 Å². The molecule has 0 rings (SSSR count). The first-order valence-corrected chi connectivity index (χ1v) is 4.78. The molecule has 0 bridgehead atoms. The maximum atomic E-state index is 11.0. The van der Waals surface area contributed by atoms with E-state index in [1.165, 1.54) is 6.92 Å². The number of hydrogen-bond donors (Lipinski definition) is 1. The Labute approximate surface area is 69.8 Å². The van der Waals surface area contributed by atoms with E-state index in [1.54, 1.807) is 6.08 Å². The highest BCUT2D eigenvalue weighted by atomic mass is 32.2. The van der Waals surface area contributed by atoms with Crippen LogP contribution >= 0.6 is 0 Å². The lowest BCUT2D eigenvalue weighted by Crippen LogP contribution is -2.36. The minimum absolute atomic E-state index is 0.123. The van der Waals surface area contributed by atoms with Gasteiger partial charge in [0.15, 0.2) is 5.78 Å². The van der Waals surface area contributed by atoms with E-state index in [1.807, 2.05) is 0 Å². The van der Waals surface area contributed by atoms with Crippen LogP contribution in [0.5, 0.6) is 0 Å². The summed E-state index contributed by atoms with van der Waals surface area (Å²) in [6.45, 7) is 4.83. The third-order valence-corrected chi connectivity index (χ3v) is 2.53. The van der Waals surface area contributed by atoms with Crippen molar-refractivity contribution in [2.24, 2.45) is 5.73 Å². The highest BCUT2D eigenvalue weighted by molar-refractivity contribution is 7.91. The molecule has 0 aliphatic rings. The Balaban J connectivity index is 3.64. The van der Waals surface area contributed by atoms with Gasteiger partial charge in [-0.3, -0.25) is 4.79 Å². The van der Waals surface area contributed by atoms with Gasteiger partial charge in [-0.25, -0.2) is 0 Å². The molecule has 2 N–H and O–H groups in total. The highest BCUT2D eigenvalue weighted by Gasteiger charge is 2.15. The summed E-state index contributed by atoms with van der Waals surface area (Å²) in [7, 11) is 0. The molecule has 0 saturated heterocycles. The van der Waals surface area contributed by atoms with Crippen molar-refractivity contribution in [1.29, 1.82) is 0 Å². The molecule has 2 atom stereocenters. The molecule has 0 aromatic heterocycles. The number of rotatable bonds is 5. The van der Waals surface area contributed by atoms with E-state index >= 15 is 0 Å². The SMILES string of the molecule is C=CC[S@+]([O-])C[C@H](N)C(C)=O. The monoisotopic (exact) mass is 175 g/mol. The van der Waals surface area contributed by atoms with Crippen molar-refractivity contribution in [1.82, 2.24) is 0 Å². The number of carbonyl (C=O) groups excluding carboxylic acids is 1. The van der Waals surface area contributed by atoms with Gasteiger partial charge in [-0.2, -0.15) is 0 Å². The largest absolute Gasteiger partial charge is 0.616 e. The zero-order valence-electron chi connectivity index (χ0n) is 6.58. The summed E-state index contributed by atoms with van der Waals surface area (Å²) in [4.78, 5) is 10.6. The molecular weight excluding hydrogens is 162 g/mol. The number of hydrogen-bond acceptors (Lipinski definition) is 3. The lowest BCUT2D eigenvalue weighted by Gasteiger charge is -2.11. The molecule has 0 aliphatic carbocycles. The molecule has 0 aliphatic heterocycles. The molecule has 0 aromatic carbocycles. The van der Waals surface area contributed by atoms with Gasteiger partial charge in [0.2, 0.25) is 0 Å². The normalized spacial score (nSPS) is 15.5. The van der Waals surface area contributed by atoms with E-state index in [2.05, 4.69) is 6.58 Å². The Morgan fingerprint density at radius 1 is 1.91 bits per heavy atom. The van der Waals surface area contributed by atoms with Crippen LogP contribution in [0.15, 0.2) is 12.7 Å². The summed E-state index contributed by atoms with van der Waals surface area (Å²) in [5, 5.41) is 0. The van der Waals surface area contributed by atoms with Crippen LogP contribution in [0.25, 0.3) is 0 Å². The third-order valence-electron chi connectivity index (χ3n) is 1.19. The van der Waals surface area contributed by atoms with Crippen molar-refractivity contribution in [2.45, 2.75) is 13.0 Å². The number of ketones is 1. The molecule has 0 heterocycles. The molecule has 0 saturated carbocycles. The summed E-state index contributed by atoms with van der Waals surface area (Å²) >= 11 is -1.03. The number of nitrogens with two attached hydrogens (primary N) is 1. The van der Waals surface area contributed by atoms with Gasteiger partial charge in [0.05, 0.1) is 0 Å². The Morgan fingerprint density at radius 3 is 2.82 bits per heavy atom. The number of carbonyl (C=O) groups is 1. The quantitative estimate of drug-likeness (QED) is 0.466. The summed E-state index contributed by atoms with van der Waals surface area (Å²) in [6.07, 6.45) is 1.56. The molecule has 64 valence electrons. The Hall–Kier alpha value is -0.320. The standard InChI is InChI=1S/C7H13NO2S/c1-3-4-11(10)5-7(8)6(2)9/h3,7H,1,4-5,8H2,2H3/t7-,11-/m0/s1.